The normalized spacial score (nSPS) is 17.1. The molecular formula is C17H15ClN2S. The molecule has 2 aromatic carbocycles. The Labute approximate surface area is 132 Å². The maximum atomic E-state index is 6.07. The largest absolute Gasteiger partial charge is 0.382 e. The lowest BCUT2D eigenvalue weighted by Crippen LogP contribution is -2.19. The molecule has 4 heteroatoms. The van der Waals surface area contributed by atoms with Gasteiger partial charge in [-0.1, -0.05) is 17.7 Å². The quantitative estimate of drug-likeness (QED) is 0.732. The van der Waals surface area contributed by atoms with E-state index in [9.17, 15) is 0 Å². The number of thiazole rings is 1. The van der Waals surface area contributed by atoms with Gasteiger partial charge in [-0.3, -0.25) is 0 Å². The number of rotatable bonds is 2. The fraction of sp³-hybridized carbons (Fsp3) is 0.235. The molecule has 2 nitrogen and oxygen atoms in total. The molecule has 1 aliphatic rings. The Kier molecular flexibility index (Phi) is 3.12. The van der Waals surface area contributed by atoms with Crippen LogP contribution in [0.25, 0.3) is 10.2 Å². The van der Waals surface area contributed by atoms with Crippen LogP contribution in [0.4, 0.5) is 5.69 Å². The Hall–Kier alpha value is -1.58. The predicted octanol–water partition coefficient (Wildman–Crippen LogP) is 4.84. The molecule has 4 rings (SSSR count). The zero-order chi connectivity index (χ0) is 14.4. The van der Waals surface area contributed by atoms with Crippen LogP contribution in [0.2, 0.25) is 5.02 Å². The van der Waals surface area contributed by atoms with Gasteiger partial charge >= 0.3 is 0 Å². The minimum atomic E-state index is 0.449. The number of nitrogens with one attached hydrogen (secondary N) is 1. The zero-order valence-corrected chi connectivity index (χ0v) is 13.3. The van der Waals surface area contributed by atoms with Gasteiger partial charge in [0.15, 0.2) is 0 Å². The van der Waals surface area contributed by atoms with E-state index in [0.717, 1.165) is 28.4 Å². The van der Waals surface area contributed by atoms with Crippen LogP contribution < -0.4 is 5.32 Å². The molecule has 0 saturated heterocycles. The molecule has 0 bridgehead atoms. The number of halogens is 1. The average molecular weight is 315 g/mol. The molecule has 1 unspecified atom stereocenters. The highest BCUT2D eigenvalue weighted by atomic mass is 35.5. The van der Waals surface area contributed by atoms with Crippen LogP contribution in [0.15, 0.2) is 36.4 Å². The molecule has 1 atom stereocenters. The molecule has 0 saturated carbocycles. The van der Waals surface area contributed by atoms with Crippen molar-refractivity contribution >= 4 is 38.8 Å². The van der Waals surface area contributed by atoms with Crippen molar-refractivity contribution in [2.75, 3.05) is 5.32 Å². The third-order valence-corrected chi connectivity index (χ3v) is 5.14. The second-order valence-corrected chi connectivity index (χ2v) is 7.25. The van der Waals surface area contributed by atoms with Gasteiger partial charge in [0.05, 0.1) is 15.2 Å². The highest BCUT2D eigenvalue weighted by molar-refractivity contribution is 7.18. The van der Waals surface area contributed by atoms with E-state index < -0.39 is 0 Å². The molecule has 0 spiro atoms. The van der Waals surface area contributed by atoms with E-state index in [2.05, 4.69) is 47.6 Å². The van der Waals surface area contributed by atoms with Crippen molar-refractivity contribution in [1.82, 2.24) is 4.98 Å². The summed E-state index contributed by atoms with van der Waals surface area (Å²) in [6, 6.07) is 13.1. The van der Waals surface area contributed by atoms with Gasteiger partial charge < -0.3 is 5.32 Å². The van der Waals surface area contributed by atoms with Crippen molar-refractivity contribution in [2.45, 2.75) is 25.8 Å². The molecule has 0 amide bonds. The van der Waals surface area contributed by atoms with E-state index in [-0.39, 0.29) is 0 Å². The third-order valence-electron chi connectivity index (χ3n) is 3.97. The maximum Gasteiger partial charge on any atom is 0.0907 e. The van der Waals surface area contributed by atoms with Crippen LogP contribution in [0.3, 0.4) is 0 Å². The Bertz CT molecular complexity index is 825. The zero-order valence-electron chi connectivity index (χ0n) is 11.7. The van der Waals surface area contributed by atoms with E-state index in [1.807, 2.05) is 6.07 Å². The van der Waals surface area contributed by atoms with Gasteiger partial charge in [-0.2, -0.15) is 0 Å². The van der Waals surface area contributed by atoms with Gasteiger partial charge in [-0.15, -0.1) is 11.3 Å². The summed E-state index contributed by atoms with van der Waals surface area (Å²) in [4.78, 5) is 4.50. The summed E-state index contributed by atoms with van der Waals surface area (Å²) in [7, 11) is 0. The summed E-state index contributed by atoms with van der Waals surface area (Å²) in [5.74, 6) is 0. The highest BCUT2D eigenvalue weighted by Gasteiger charge is 2.21. The van der Waals surface area contributed by atoms with Gasteiger partial charge in [-0.05, 0) is 61.2 Å². The number of aromatic nitrogens is 1. The van der Waals surface area contributed by atoms with Crippen molar-refractivity contribution in [2.24, 2.45) is 0 Å². The number of hydrogen-bond acceptors (Lipinski definition) is 3. The van der Waals surface area contributed by atoms with Crippen molar-refractivity contribution in [1.29, 1.82) is 0 Å². The standard InChI is InChI=1S/C17H15ClN2S/c1-10-19-16-5-4-14(9-17(16)21-10)20-15-7-11-2-3-13(18)6-12(11)8-15/h2-6,9,15,20H,7-8H2,1H3. The number of aryl methyl sites for hydroxylation is 1. The first-order chi connectivity index (χ1) is 10.2. The summed E-state index contributed by atoms with van der Waals surface area (Å²) in [6.45, 7) is 2.05. The molecule has 0 aliphatic heterocycles. The Balaban J connectivity index is 1.56. The lowest BCUT2D eigenvalue weighted by molar-refractivity contribution is 0.774. The second-order valence-electron chi connectivity index (χ2n) is 5.58. The lowest BCUT2D eigenvalue weighted by Gasteiger charge is -2.13. The summed E-state index contributed by atoms with van der Waals surface area (Å²) in [5.41, 5.74) is 5.04. The topological polar surface area (TPSA) is 24.9 Å². The monoisotopic (exact) mass is 314 g/mol. The summed E-state index contributed by atoms with van der Waals surface area (Å²) in [5, 5.41) is 5.59. The SMILES string of the molecule is Cc1nc2ccc(NC3Cc4ccc(Cl)cc4C3)cc2s1. The van der Waals surface area contributed by atoms with Gasteiger partial charge in [0.1, 0.15) is 0 Å². The fourth-order valence-corrected chi connectivity index (χ4v) is 4.12. The molecule has 21 heavy (non-hydrogen) atoms. The highest BCUT2D eigenvalue weighted by Crippen LogP contribution is 2.29. The minimum Gasteiger partial charge on any atom is -0.382 e. The smallest absolute Gasteiger partial charge is 0.0907 e. The van der Waals surface area contributed by atoms with Crippen molar-refractivity contribution < 1.29 is 0 Å². The Morgan fingerprint density at radius 2 is 2.00 bits per heavy atom. The fourth-order valence-electron chi connectivity index (χ4n) is 3.05. The van der Waals surface area contributed by atoms with E-state index in [0.29, 0.717) is 6.04 Å². The van der Waals surface area contributed by atoms with Crippen molar-refractivity contribution in [3.05, 3.63) is 57.6 Å². The molecule has 1 aromatic heterocycles. The molecule has 3 aromatic rings. The minimum absolute atomic E-state index is 0.449. The first kappa shape index (κ1) is 13.1. The Morgan fingerprint density at radius 3 is 2.90 bits per heavy atom. The molecular weight excluding hydrogens is 300 g/mol. The first-order valence-corrected chi connectivity index (χ1v) is 8.28. The van der Waals surface area contributed by atoms with Crippen LogP contribution in [0, 0.1) is 6.92 Å². The molecule has 106 valence electrons. The van der Waals surface area contributed by atoms with Gasteiger partial charge in [0.2, 0.25) is 0 Å². The summed E-state index contributed by atoms with van der Waals surface area (Å²) in [6.07, 6.45) is 2.10. The maximum absolute atomic E-state index is 6.07. The number of nitrogens with zero attached hydrogens (tertiary/aromatic N) is 1. The van der Waals surface area contributed by atoms with Crippen LogP contribution >= 0.6 is 22.9 Å². The number of benzene rings is 2. The predicted molar refractivity (Wildman–Crippen MR) is 90.6 cm³/mol. The number of anilines is 1. The second kappa shape index (κ2) is 5.00. The molecule has 0 fully saturated rings. The lowest BCUT2D eigenvalue weighted by atomic mass is 10.1. The van der Waals surface area contributed by atoms with Gasteiger partial charge in [0, 0.05) is 16.8 Å². The summed E-state index contributed by atoms with van der Waals surface area (Å²) < 4.78 is 1.25. The van der Waals surface area contributed by atoms with Crippen LogP contribution in [0.5, 0.6) is 0 Å². The van der Waals surface area contributed by atoms with E-state index >= 15 is 0 Å². The van der Waals surface area contributed by atoms with E-state index in [1.54, 1.807) is 11.3 Å². The molecule has 1 aliphatic carbocycles. The Morgan fingerprint density at radius 1 is 1.14 bits per heavy atom. The molecule has 1 heterocycles. The first-order valence-electron chi connectivity index (χ1n) is 7.08. The third kappa shape index (κ3) is 2.52. The van der Waals surface area contributed by atoms with Gasteiger partial charge in [0.25, 0.3) is 0 Å². The molecule has 1 N–H and O–H groups in total. The number of fused-ring (bicyclic) bond motifs is 2. The van der Waals surface area contributed by atoms with Crippen LogP contribution in [0.1, 0.15) is 16.1 Å². The van der Waals surface area contributed by atoms with Gasteiger partial charge in [-0.25, -0.2) is 4.98 Å². The van der Waals surface area contributed by atoms with Crippen LogP contribution in [-0.4, -0.2) is 11.0 Å². The van der Waals surface area contributed by atoms with E-state index in [1.165, 1.54) is 21.5 Å². The molecule has 0 radical (unpaired) electrons. The number of hydrogen-bond donors (Lipinski definition) is 1. The summed E-state index contributed by atoms with van der Waals surface area (Å²) >= 11 is 7.82. The van der Waals surface area contributed by atoms with Crippen molar-refractivity contribution in [3.63, 3.8) is 0 Å². The van der Waals surface area contributed by atoms with Crippen molar-refractivity contribution in [3.8, 4) is 0 Å². The van der Waals surface area contributed by atoms with Crippen LogP contribution in [-0.2, 0) is 12.8 Å². The average Bonchev–Trinajstić information content (AvgIpc) is 2.99. The van der Waals surface area contributed by atoms with E-state index in [4.69, 9.17) is 11.6 Å².